The summed E-state index contributed by atoms with van der Waals surface area (Å²) in [6.45, 7) is 17.3. The first-order valence-electron chi connectivity index (χ1n) is 24.5. The average Bonchev–Trinajstić information content (AvgIpc) is 3.90. The van der Waals surface area contributed by atoms with E-state index in [1.54, 1.807) is 71.0 Å². The molecule has 0 bridgehead atoms. The molecule has 4 N–H and O–H groups in total. The number of amides is 1. The molecule has 4 aromatic rings. The smallest absolute Gasteiger partial charge is 0.459 e. The van der Waals surface area contributed by atoms with Crippen LogP contribution in [0.4, 0.5) is 10.6 Å². The van der Waals surface area contributed by atoms with E-state index >= 15 is 4.57 Å². The number of carbonyl (C=O) groups excluding carboxylic acids is 5. The number of hydrogen-bond acceptors (Lipinski definition) is 17. The number of fused-ring (bicyclic) bond motifs is 1. The minimum absolute atomic E-state index is 0.0131. The van der Waals surface area contributed by atoms with Gasteiger partial charge in [-0.1, -0.05) is 111 Å². The predicted octanol–water partition coefficient (Wildman–Crippen LogP) is 7.65. The number of nitrogen functional groups attached to an aromatic ring is 1. The molecule has 5 rings (SSSR count). The summed E-state index contributed by atoms with van der Waals surface area (Å²) < 4.78 is 64.3. The zero-order valence-electron chi connectivity index (χ0n) is 42.9. The summed E-state index contributed by atoms with van der Waals surface area (Å²) >= 11 is 0. The molecular formula is C51H71N6O14P. The second-order valence-electron chi connectivity index (χ2n) is 19.0. The van der Waals surface area contributed by atoms with Gasteiger partial charge in [-0.2, -0.15) is 10.2 Å². The number of ether oxygens (including phenoxy) is 6. The molecule has 72 heavy (non-hydrogen) atoms. The molecule has 0 saturated carbocycles. The predicted molar refractivity (Wildman–Crippen MR) is 265 cm³/mol. The van der Waals surface area contributed by atoms with Crippen LogP contribution in [-0.4, -0.2) is 94.8 Å². The Labute approximate surface area is 421 Å². The summed E-state index contributed by atoms with van der Waals surface area (Å²) in [5, 5.41) is 9.70. The van der Waals surface area contributed by atoms with Gasteiger partial charge in [0.15, 0.2) is 18.0 Å². The Hall–Kier alpha value is -6.08. The molecule has 1 aliphatic rings. The molecule has 1 saturated heterocycles. The standard InChI is InChI=1S/C51H71N6O14P/c1-11-35(12-2)27-65-48(60)34(9)56-72(63,71-38-20-18-36(19-21-38)26-39(49(61)64-25-24-31(3)4)55-50(62)66-28-37-16-14-13-15-17-37)67-29-41-43(68-46(58)32(5)6)44(69-47(59)33(7)8)51(10,70-41)42-23-22-40-45(52)53-30-54-57(40)42/h13-23,30-35,39,41,43-44H,11-12,24-29H2,1-10H3,(H,55,62)(H,56,63)(H2,52,53,54)/t34-,39-,41+,43+,44+,51-,72?/m0/s1. The van der Waals surface area contributed by atoms with Crippen molar-refractivity contribution in [2.24, 2.45) is 23.7 Å². The highest BCUT2D eigenvalue weighted by Crippen LogP contribution is 2.49. The van der Waals surface area contributed by atoms with Crippen molar-refractivity contribution in [3.63, 3.8) is 0 Å². The Morgan fingerprint density at radius 1 is 0.819 bits per heavy atom. The lowest BCUT2D eigenvalue weighted by atomic mass is 9.92. The fourth-order valence-electron chi connectivity index (χ4n) is 7.53. The Balaban J connectivity index is 1.45. The summed E-state index contributed by atoms with van der Waals surface area (Å²) in [6.07, 6.45) is -1.36. The molecule has 394 valence electrons. The fourth-order valence-corrected chi connectivity index (χ4v) is 9.03. The maximum absolute atomic E-state index is 15.1. The van der Waals surface area contributed by atoms with Gasteiger partial charge < -0.3 is 44.0 Å². The number of nitrogens with two attached hydrogens (primary N) is 1. The van der Waals surface area contributed by atoms with Crippen molar-refractivity contribution in [2.45, 2.75) is 138 Å². The summed E-state index contributed by atoms with van der Waals surface area (Å²) in [5.41, 5.74) is 6.69. The molecule has 0 radical (unpaired) electrons. The first-order valence-corrected chi connectivity index (χ1v) is 26.0. The number of carbonyl (C=O) groups is 5. The highest BCUT2D eigenvalue weighted by atomic mass is 31.2. The van der Waals surface area contributed by atoms with E-state index in [1.807, 2.05) is 45.9 Å². The van der Waals surface area contributed by atoms with E-state index < -0.39 is 92.2 Å². The lowest BCUT2D eigenvalue weighted by Gasteiger charge is -2.31. The molecule has 7 atom stereocenters. The topological polar surface area (TPSA) is 257 Å². The van der Waals surface area contributed by atoms with Gasteiger partial charge in [-0.15, -0.1) is 0 Å². The van der Waals surface area contributed by atoms with E-state index in [4.69, 9.17) is 43.2 Å². The van der Waals surface area contributed by atoms with Crippen LogP contribution in [0.5, 0.6) is 5.75 Å². The van der Waals surface area contributed by atoms with E-state index in [9.17, 15) is 24.0 Å². The molecule has 3 heterocycles. The largest absolute Gasteiger partial charge is 0.464 e. The van der Waals surface area contributed by atoms with E-state index in [-0.39, 0.29) is 49.6 Å². The van der Waals surface area contributed by atoms with E-state index in [0.29, 0.717) is 23.2 Å². The third-order valence-electron chi connectivity index (χ3n) is 12.1. The second-order valence-corrected chi connectivity index (χ2v) is 20.7. The SMILES string of the molecule is CCC(CC)COC(=O)[C@H](C)NP(=O)(OC[C@H]1O[C@@](C)(c2ccc3c(N)ncnn23)[C@H](OC(=O)C(C)C)[C@@H]1OC(=O)C(C)C)Oc1ccc(C[C@H](NC(=O)OCc2ccccc2)C(=O)OCCC(C)C)cc1. The first kappa shape index (κ1) is 56.8. The van der Waals surface area contributed by atoms with Crippen LogP contribution in [0.25, 0.3) is 5.52 Å². The Kier molecular flexibility index (Phi) is 20.6. The van der Waals surface area contributed by atoms with Crippen LogP contribution in [0.2, 0.25) is 0 Å². The van der Waals surface area contributed by atoms with Crippen molar-refractivity contribution in [1.82, 2.24) is 25.0 Å². The number of nitrogens with zero attached hydrogens (tertiary/aromatic N) is 3. The molecule has 1 amide bonds. The van der Waals surface area contributed by atoms with Crippen LogP contribution in [-0.2, 0) is 75.3 Å². The summed E-state index contributed by atoms with van der Waals surface area (Å²) in [4.78, 5) is 70.6. The summed E-state index contributed by atoms with van der Waals surface area (Å²) in [7, 11) is -4.66. The van der Waals surface area contributed by atoms with Crippen LogP contribution < -0.4 is 20.7 Å². The zero-order valence-corrected chi connectivity index (χ0v) is 43.8. The molecule has 0 spiro atoms. The van der Waals surface area contributed by atoms with Crippen molar-refractivity contribution >= 4 is 49.1 Å². The summed E-state index contributed by atoms with van der Waals surface area (Å²) in [6, 6.07) is 16.2. The quantitative estimate of drug-likeness (QED) is 0.0310. The number of rotatable bonds is 26. The van der Waals surface area contributed by atoms with Gasteiger partial charge in [0.05, 0.1) is 37.4 Å². The third kappa shape index (κ3) is 15.5. The van der Waals surface area contributed by atoms with E-state index in [0.717, 1.165) is 18.4 Å². The summed E-state index contributed by atoms with van der Waals surface area (Å²) in [5.74, 6) is -3.32. The van der Waals surface area contributed by atoms with Crippen LogP contribution in [0.1, 0.15) is 105 Å². The Morgan fingerprint density at radius 3 is 2.12 bits per heavy atom. The molecule has 20 nitrogen and oxygen atoms in total. The van der Waals surface area contributed by atoms with Gasteiger partial charge in [0, 0.05) is 6.42 Å². The number of alkyl carbamates (subject to hydrolysis) is 1. The van der Waals surface area contributed by atoms with Crippen molar-refractivity contribution in [3.05, 3.63) is 89.9 Å². The number of aromatic nitrogens is 3. The normalized spacial score (nSPS) is 19.4. The first-order chi connectivity index (χ1) is 34.2. The van der Waals surface area contributed by atoms with Gasteiger partial charge >= 0.3 is 37.7 Å². The van der Waals surface area contributed by atoms with E-state index in [1.165, 1.54) is 29.9 Å². The third-order valence-corrected chi connectivity index (χ3v) is 13.7. The number of anilines is 1. The van der Waals surface area contributed by atoms with Gasteiger partial charge in [-0.3, -0.25) is 18.9 Å². The van der Waals surface area contributed by atoms with E-state index in [2.05, 4.69) is 20.5 Å². The molecule has 1 fully saturated rings. The fraction of sp³-hybridized carbons (Fsp3) is 0.549. The van der Waals surface area contributed by atoms with Crippen molar-refractivity contribution in [1.29, 1.82) is 0 Å². The van der Waals surface area contributed by atoms with Crippen LogP contribution >= 0.6 is 7.75 Å². The minimum atomic E-state index is -4.66. The van der Waals surface area contributed by atoms with Gasteiger partial charge in [0.2, 0.25) is 0 Å². The molecule has 0 aliphatic carbocycles. The van der Waals surface area contributed by atoms with Crippen molar-refractivity contribution in [2.75, 3.05) is 25.6 Å². The Bertz CT molecular complexity index is 2480. The monoisotopic (exact) mass is 1020 g/mol. The number of nitrogens with one attached hydrogen (secondary N) is 2. The number of esters is 4. The van der Waals surface area contributed by atoms with Gasteiger partial charge in [0.25, 0.3) is 0 Å². The molecular weight excluding hydrogens is 952 g/mol. The molecule has 1 unspecified atom stereocenters. The van der Waals surface area contributed by atoms with Gasteiger partial charge in [-0.05, 0) is 67.5 Å². The molecule has 2 aromatic heterocycles. The maximum atomic E-state index is 15.1. The number of benzene rings is 2. The van der Waals surface area contributed by atoms with Crippen molar-refractivity contribution in [3.8, 4) is 5.75 Å². The highest BCUT2D eigenvalue weighted by Gasteiger charge is 2.59. The second kappa shape index (κ2) is 26.0. The lowest BCUT2D eigenvalue weighted by Crippen LogP contribution is -2.46. The minimum Gasteiger partial charge on any atom is -0.464 e. The van der Waals surface area contributed by atoms with Crippen LogP contribution in [0, 0.1) is 23.7 Å². The molecule has 1 aliphatic heterocycles. The molecule has 2 aromatic carbocycles. The van der Waals surface area contributed by atoms with Crippen molar-refractivity contribution < 1.29 is 66.0 Å². The van der Waals surface area contributed by atoms with Crippen LogP contribution in [0.3, 0.4) is 0 Å². The van der Waals surface area contributed by atoms with Crippen LogP contribution in [0.15, 0.2) is 73.1 Å². The van der Waals surface area contributed by atoms with Gasteiger partial charge in [-0.25, -0.2) is 23.7 Å². The highest BCUT2D eigenvalue weighted by molar-refractivity contribution is 7.52. The maximum Gasteiger partial charge on any atom is 0.459 e. The number of hydrogen-bond donors (Lipinski definition) is 3. The lowest BCUT2D eigenvalue weighted by molar-refractivity contribution is -0.175. The Morgan fingerprint density at radius 2 is 1.49 bits per heavy atom. The average molecular weight is 1020 g/mol. The van der Waals surface area contributed by atoms with Gasteiger partial charge in [0.1, 0.15) is 48.0 Å². The zero-order chi connectivity index (χ0) is 52.8. The molecule has 21 heteroatoms.